The highest BCUT2D eigenvalue weighted by atomic mass is 16.3. The maximum atomic E-state index is 11.6. The maximum Gasteiger partial charge on any atom is 0.196 e. The fraction of sp³-hybridized carbons (Fsp3) is 0.429. The van der Waals surface area contributed by atoms with Crippen molar-refractivity contribution in [1.82, 2.24) is 10.3 Å². The molecule has 0 aliphatic heterocycles. The number of carbonyl (C=O) groups is 1. The van der Waals surface area contributed by atoms with Gasteiger partial charge in [-0.3, -0.25) is 4.79 Å². The lowest BCUT2D eigenvalue weighted by atomic mass is 10.1. The third-order valence-corrected chi connectivity index (χ3v) is 2.84. The van der Waals surface area contributed by atoms with E-state index in [2.05, 4.69) is 17.2 Å². The molecule has 2 aromatic rings. The number of fused-ring (bicyclic) bond motifs is 1. The molecule has 0 radical (unpaired) electrons. The average molecular weight is 246 g/mol. The molecule has 0 aliphatic carbocycles. The fourth-order valence-electron chi connectivity index (χ4n) is 1.83. The number of aromatic nitrogens is 1. The van der Waals surface area contributed by atoms with Gasteiger partial charge in [0, 0.05) is 24.9 Å². The molecule has 0 aliphatic rings. The molecule has 96 valence electrons. The Morgan fingerprint density at radius 3 is 2.94 bits per heavy atom. The third kappa shape index (κ3) is 2.76. The number of nitrogens with zero attached hydrogens (tertiary/aromatic N) is 1. The summed E-state index contributed by atoms with van der Waals surface area (Å²) < 4.78 is 5.62. The minimum absolute atomic E-state index is 0.133. The van der Waals surface area contributed by atoms with Crippen LogP contribution in [0.5, 0.6) is 0 Å². The normalized spacial score (nSPS) is 11.0. The van der Waals surface area contributed by atoms with E-state index in [1.807, 2.05) is 13.0 Å². The van der Waals surface area contributed by atoms with Crippen LogP contribution < -0.4 is 5.32 Å². The molecular weight excluding hydrogens is 228 g/mol. The Morgan fingerprint density at radius 2 is 2.22 bits per heavy atom. The van der Waals surface area contributed by atoms with E-state index in [4.69, 9.17) is 4.42 Å². The van der Waals surface area contributed by atoms with Crippen molar-refractivity contribution in [3.63, 3.8) is 0 Å². The first kappa shape index (κ1) is 12.8. The van der Waals surface area contributed by atoms with E-state index in [0.29, 0.717) is 17.9 Å². The zero-order valence-electron chi connectivity index (χ0n) is 10.8. The number of benzene rings is 1. The van der Waals surface area contributed by atoms with Gasteiger partial charge in [-0.15, -0.1) is 0 Å². The van der Waals surface area contributed by atoms with E-state index >= 15 is 0 Å². The molecule has 0 atom stereocenters. The number of ketones is 1. The van der Waals surface area contributed by atoms with Gasteiger partial charge in [-0.1, -0.05) is 13.8 Å². The SMILES string of the molecule is CCNCCc1nc2cc(C(=O)CC)ccc2o1. The quantitative estimate of drug-likeness (QED) is 0.628. The summed E-state index contributed by atoms with van der Waals surface area (Å²) in [6, 6.07) is 5.43. The lowest BCUT2D eigenvalue weighted by molar-refractivity contribution is 0.0988. The standard InChI is InChI=1S/C14H18N2O2/c1-3-12(17)10-5-6-13-11(9-10)16-14(18-13)7-8-15-4-2/h5-6,9,15H,3-4,7-8H2,1-2H3. The summed E-state index contributed by atoms with van der Waals surface area (Å²) in [5, 5.41) is 3.23. The van der Waals surface area contributed by atoms with Crippen LogP contribution in [0.15, 0.2) is 22.6 Å². The fourth-order valence-corrected chi connectivity index (χ4v) is 1.83. The van der Waals surface area contributed by atoms with E-state index in [9.17, 15) is 4.79 Å². The summed E-state index contributed by atoms with van der Waals surface area (Å²) in [7, 11) is 0. The largest absolute Gasteiger partial charge is 0.441 e. The number of nitrogens with one attached hydrogen (secondary N) is 1. The van der Waals surface area contributed by atoms with Crippen molar-refractivity contribution in [2.45, 2.75) is 26.7 Å². The van der Waals surface area contributed by atoms with Crippen LogP contribution in [0, 0.1) is 0 Å². The number of oxazole rings is 1. The van der Waals surface area contributed by atoms with E-state index in [-0.39, 0.29) is 5.78 Å². The monoisotopic (exact) mass is 246 g/mol. The summed E-state index contributed by atoms with van der Waals surface area (Å²) >= 11 is 0. The zero-order chi connectivity index (χ0) is 13.0. The molecule has 4 heteroatoms. The van der Waals surface area contributed by atoms with Crippen molar-refractivity contribution in [2.24, 2.45) is 0 Å². The van der Waals surface area contributed by atoms with Crippen LogP contribution in [-0.2, 0) is 6.42 Å². The predicted molar refractivity (Wildman–Crippen MR) is 70.9 cm³/mol. The first-order valence-electron chi connectivity index (χ1n) is 6.38. The van der Waals surface area contributed by atoms with Crippen LogP contribution >= 0.6 is 0 Å². The molecule has 1 N–H and O–H groups in total. The Bertz CT molecular complexity index is 546. The topological polar surface area (TPSA) is 55.1 Å². The first-order chi connectivity index (χ1) is 8.74. The summed E-state index contributed by atoms with van der Waals surface area (Å²) in [5.74, 6) is 0.848. The van der Waals surface area contributed by atoms with E-state index in [0.717, 1.165) is 30.6 Å². The summed E-state index contributed by atoms with van der Waals surface area (Å²) in [6.07, 6.45) is 1.27. The number of hydrogen-bond acceptors (Lipinski definition) is 4. The minimum Gasteiger partial charge on any atom is -0.441 e. The first-order valence-corrected chi connectivity index (χ1v) is 6.38. The van der Waals surface area contributed by atoms with Gasteiger partial charge in [-0.2, -0.15) is 0 Å². The van der Waals surface area contributed by atoms with Gasteiger partial charge in [0.05, 0.1) is 0 Å². The molecule has 0 amide bonds. The van der Waals surface area contributed by atoms with Gasteiger partial charge >= 0.3 is 0 Å². The van der Waals surface area contributed by atoms with Crippen molar-refractivity contribution in [3.05, 3.63) is 29.7 Å². The van der Waals surface area contributed by atoms with E-state index in [1.54, 1.807) is 12.1 Å². The molecule has 2 rings (SSSR count). The lowest BCUT2D eigenvalue weighted by Gasteiger charge is -1.95. The smallest absolute Gasteiger partial charge is 0.196 e. The maximum absolute atomic E-state index is 11.6. The van der Waals surface area contributed by atoms with Crippen LogP contribution in [0.2, 0.25) is 0 Å². The summed E-state index contributed by atoms with van der Waals surface area (Å²) in [5.41, 5.74) is 2.21. The summed E-state index contributed by atoms with van der Waals surface area (Å²) in [4.78, 5) is 16.0. The number of hydrogen-bond donors (Lipinski definition) is 1. The predicted octanol–water partition coefficient (Wildman–Crippen LogP) is 2.57. The minimum atomic E-state index is 0.133. The van der Waals surface area contributed by atoms with Gasteiger partial charge in [0.25, 0.3) is 0 Å². The second kappa shape index (κ2) is 5.78. The molecule has 0 spiro atoms. The Labute approximate surface area is 106 Å². The van der Waals surface area contributed by atoms with Crippen LogP contribution in [0.1, 0.15) is 36.5 Å². The molecule has 0 saturated heterocycles. The highest BCUT2D eigenvalue weighted by Gasteiger charge is 2.09. The molecular formula is C14H18N2O2. The number of Topliss-reactive ketones (excluding diaryl/α,β-unsaturated/α-hetero) is 1. The van der Waals surface area contributed by atoms with Crippen molar-refractivity contribution in [3.8, 4) is 0 Å². The Kier molecular flexibility index (Phi) is 4.10. The Balaban J connectivity index is 2.20. The zero-order valence-corrected chi connectivity index (χ0v) is 10.8. The van der Waals surface area contributed by atoms with E-state index < -0.39 is 0 Å². The molecule has 0 fully saturated rings. The molecule has 4 nitrogen and oxygen atoms in total. The van der Waals surface area contributed by atoms with Gasteiger partial charge in [0.15, 0.2) is 17.3 Å². The molecule has 18 heavy (non-hydrogen) atoms. The second-order valence-electron chi connectivity index (χ2n) is 4.17. The van der Waals surface area contributed by atoms with Crippen molar-refractivity contribution in [1.29, 1.82) is 0 Å². The lowest BCUT2D eigenvalue weighted by Crippen LogP contribution is -2.16. The summed E-state index contributed by atoms with van der Waals surface area (Å²) in [6.45, 7) is 5.71. The van der Waals surface area contributed by atoms with Crippen molar-refractivity contribution in [2.75, 3.05) is 13.1 Å². The van der Waals surface area contributed by atoms with Crippen LogP contribution in [0.4, 0.5) is 0 Å². The Morgan fingerprint density at radius 1 is 1.39 bits per heavy atom. The Hall–Kier alpha value is -1.68. The molecule has 1 heterocycles. The second-order valence-corrected chi connectivity index (χ2v) is 4.17. The molecule has 0 saturated carbocycles. The van der Waals surface area contributed by atoms with Crippen molar-refractivity contribution >= 4 is 16.9 Å². The highest BCUT2D eigenvalue weighted by Crippen LogP contribution is 2.18. The molecule has 1 aromatic carbocycles. The molecule has 0 unspecified atom stereocenters. The van der Waals surface area contributed by atoms with Crippen LogP contribution in [0.3, 0.4) is 0 Å². The highest BCUT2D eigenvalue weighted by molar-refractivity contribution is 5.98. The van der Waals surface area contributed by atoms with Gasteiger partial charge in [0.1, 0.15) is 5.52 Å². The van der Waals surface area contributed by atoms with Crippen molar-refractivity contribution < 1.29 is 9.21 Å². The van der Waals surface area contributed by atoms with Crippen LogP contribution in [-0.4, -0.2) is 23.9 Å². The van der Waals surface area contributed by atoms with Crippen LogP contribution in [0.25, 0.3) is 11.1 Å². The van der Waals surface area contributed by atoms with Gasteiger partial charge in [-0.25, -0.2) is 4.98 Å². The molecule has 0 bridgehead atoms. The third-order valence-electron chi connectivity index (χ3n) is 2.84. The number of rotatable bonds is 6. The van der Waals surface area contributed by atoms with Gasteiger partial charge in [-0.05, 0) is 24.7 Å². The van der Waals surface area contributed by atoms with Gasteiger partial charge in [0.2, 0.25) is 0 Å². The average Bonchev–Trinajstić information content (AvgIpc) is 2.79. The molecule has 1 aromatic heterocycles. The number of carbonyl (C=O) groups excluding carboxylic acids is 1. The van der Waals surface area contributed by atoms with E-state index in [1.165, 1.54) is 0 Å². The number of likely N-dealkylation sites (N-methyl/N-ethyl adjacent to an activating group) is 1. The van der Waals surface area contributed by atoms with Gasteiger partial charge < -0.3 is 9.73 Å².